The molecule has 0 aliphatic heterocycles. The van der Waals surface area contributed by atoms with Gasteiger partial charge >= 0.3 is 78.6 Å². The first kappa shape index (κ1) is 6.66. The van der Waals surface area contributed by atoms with Gasteiger partial charge in [-0.2, -0.15) is 0 Å². The van der Waals surface area contributed by atoms with Gasteiger partial charge in [-0.05, 0) is 0 Å². The van der Waals surface area contributed by atoms with E-state index in [4.69, 9.17) is 0 Å². The third-order valence-corrected chi connectivity index (χ3v) is 3.06. The summed E-state index contributed by atoms with van der Waals surface area (Å²) in [5.41, 5.74) is 2.94. The van der Waals surface area contributed by atoms with Crippen LogP contribution in [0.4, 0.5) is 0 Å². The van der Waals surface area contributed by atoms with Gasteiger partial charge in [0.15, 0.2) is 0 Å². The van der Waals surface area contributed by atoms with Crippen LogP contribution in [0, 0.1) is 0 Å². The molecule has 0 saturated carbocycles. The summed E-state index contributed by atoms with van der Waals surface area (Å²) in [5.74, 6) is 0. The zero-order chi connectivity index (χ0) is 6.97. The number of hydrogen-bond donors (Lipinski definition) is 0. The van der Waals surface area contributed by atoms with E-state index >= 15 is 0 Å². The zero-order valence-corrected chi connectivity index (χ0v) is 8.04. The van der Waals surface area contributed by atoms with E-state index in [-0.39, 0.29) is 0 Å². The Morgan fingerprint density at radius 1 is 1.20 bits per heavy atom. The maximum absolute atomic E-state index is 2.30. The Labute approximate surface area is 78.4 Å². The molecule has 0 fully saturated rings. The van der Waals surface area contributed by atoms with Crippen LogP contribution in [0.2, 0.25) is 0 Å². The fourth-order valence-electron chi connectivity index (χ4n) is 1.43. The van der Waals surface area contributed by atoms with Gasteiger partial charge in [0.2, 0.25) is 0 Å². The Bertz CT molecular complexity index is 276. The molecule has 0 spiro atoms. The quantitative estimate of drug-likeness (QED) is 0.480. The van der Waals surface area contributed by atoms with Gasteiger partial charge in [-0.3, -0.25) is 0 Å². The predicted octanol–water partition coefficient (Wildman–Crippen LogP) is 1.92. The third-order valence-electron chi connectivity index (χ3n) is 2.05. The summed E-state index contributed by atoms with van der Waals surface area (Å²) in [6, 6.07) is 8.64. The van der Waals surface area contributed by atoms with Crippen LogP contribution in [0.15, 0.2) is 30.3 Å². The fourth-order valence-corrected chi connectivity index (χ4v) is 2.15. The molecule has 0 saturated heterocycles. The van der Waals surface area contributed by atoms with Crippen LogP contribution in [0.5, 0.6) is 0 Å². The molecule has 0 radical (unpaired) electrons. The van der Waals surface area contributed by atoms with Crippen molar-refractivity contribution in [2.24, 2.45) is 0 Å². The second-order valence-corrected chi connectivity index (χ2v) is 4.02. The zero-order valence-electron chi connectivity index (χ0n) is 6.04. The molecule has 0 N–H and O–H groups in total. The van der Waals surface area contributed by atoms with Crippen LogP contribution in [0.3, 0.4) is 0 Å². The number of allylic oxidation sites excluding steroid dienone is 1. The summed E-state index contributed by atoms with van der Waals surface area (Å²) >= 11 is 1.24. The number of rotatable bonds is 0. The van der Waals surface area contributed by atoms with Gasteiger partial charge in [0.1, 0.15) is 0 Å². The first-order chi connectivity index (χ1) is 4.88. The van der Waals surface area contributed by atoms with E-state index in [9.17, 15) is 0 Å². The van der Waals surface area contributed by atoms with Gasteiger partial charge in [0.05, 0.1) is 0 Å². The first-order valence-electron chi connectivity index (χ1n) is 3.65. The molecule has 1 heteroatoms. The summed E-state index contributed by atoms with van der Waals surface area (Å²) in [7, 11) is 0. The minimum atomic E-state index is 0.760. The fraction of sp³-hybridized carbons (Fsp3) is 0.111. The second kappa shape index (κ2) is 2.54. The van der Waals surface area contributed by atoms with E-state index in [2.05, 4.69) is 36.4 Å². The molecule has 1 unspecified atom stereocenters. The Kier molecular flexibility index (Phi) is 1.69. The summed E-state index contributed by atoms with van der Waals surface area (Å²) in [6.45, 7) is 0. The van der Waals surface area contributed by atoms with Crippen molar-refractivity contribution < 1.29 is 0 Å². The summed E-state index contributed by atoms with van der Waals surface area (Å²) in [6.07, 6.45) is 4.53. The Morgan fingerprint density at radius 2 is 2.00 bits per heavy atom. The van der Waals surface area contributed by atoms with Crippen molar-refractivity contribution in [1.82, 2.24) is 0 Å². The van der Waals surface area contributed by atoms with Gasteiger partial charge in [-0.1, -0.05) is 0 Å². The maximum atomic E-state index is 2.30. The molecular weight excluding hydrogens is 131 g/mol. The Hall–Kier alpha value is -0.0400. The summed E-state index contributed by atoms with van der Waals surface area (Å²) in [5, 5.41) is 0. The summed E-state index contributed by atoms with van der Waals surface area (Å²) in [4.78, 5) is 0. The van der Waals surface area contributed by atoms with Crippen molar-refractivity contribution in [1.29, 1.82) is 0 Å². The van der Waals surface area contributed by atoms with Crippen molar-refractivity contribution in [3.05, 3.63) is 41.5 Å². The van der Waals surface area contributed by atoms with E-state index in [0.29, 0.717) is 0 Å². The van der Waals surface area contributed by atoms with Gasteiger partial charge in [-0.15, -0.1) is 0 Å². The molecule has 1 aromatic rings. The molecule has 1 aliphatic rings. The SMILES string of the molecule is [Na][CH]1C=Cc2ccccc21. The molecule has 1 aliphatic carbocycles. The van der Waals surface area contributed by atoms with Crippen molar-refractivity contribution >= 4 is 34.0 Å². The topological polar surface area (TPSA) is 0 Å². The van der Waals surface area contributed by atoms with E-state index in [1.807, 2.05) is 0 Å². The number of fused-ring (bicyclic) bond motifs is 1. The van der Waals surface area contributed by atoms with Crippen LogP contribution in [-0.4, -0.2) is 27.9 Å². The third kappa shape index (κ3) is 0.968. The van der Waals surface area contributed by atoms with Gasteiger partial charge in [0, 0.05) is 0 Å². The van der Waals surface area contributed by atoms with Crippen LogP contribution in [0.1, 0.15) is 14.3 Å². The average molecular weight is 138 g/mol. The van der Waals surface area contributed by atoms with Crippen molar-refractivity contribution in [2.75, 3.05) is 0 Å². The molecule has 0 aromatic heterocycles. The molecule has 2 rings (SSSR count). The minimum absolute atomic E-state index is 0.760. The average Bonchev–Trinajstić information content (AvgIpc) is 2.34. The van der Waals surface area contributed by atoms with Gasteiger partial charge < -0.3 is 0 Å². The molecule has 0 bridgehead atoms. The molecule has 10 heavy (non-hydrogen) atoms. The monoisotopic (exact) mass is 138 g/mol. The van der Waals surface area contributed by atoms with E-state index < -0.39 is 0 Å². The Balaban J connectivity index is 2.59. The van der Waals surface area contributed by atoms with Crippen molar-refractivity contribution in [3.8, 4) is 0 Å². The molecule has 0 nitrogen and oxygen atoms in total. The molecular formula is C9H7Na. The van der Waals surface area contributed by atoms with E-state index in [0.717, 1.165) is 3.17 Å². The van der Waals surface area contributed by atoms with E-state index in [1.54, 1.807) is 0 Å². The van der Waals surface area contributed by atoms with Crippen molar-refractivity contribution in [2.45, 2.75) is 3.17 Å². The molecule has 0 heterocycles. The number of benzene rings is 1. The predicted molar refractivity (Wildman–Crippen MR) is 44.0 cm³/mol. The van der Waals surface area contributed by atoms with Crippen LogP contribution < -0.4 is 0 Å². The van der Waals surface area contributed by atoms with Crippen LogP contribution in [-0.2, 0) is 0 Å². The molecule has 0 amide bonds. The van der Waals surface area contributed by atoms with E-state index in [1.165, 1.54) is 39.1 Å². The summed E-state index contributed by atoms with van der Waals surface area (Å²) < 4.78 is 0.760. The van der Waals surface area contributed by atoms with Gasteiger partial charge in [0.25, 0.3) is 0 Å². The molecule has 1 aromatic carbocycles. The standard InChI is InChI=1S/C9H7.Na/c1-2-5-9-7-3-6-8(9)4-1;/h1-7H;. The Morgan fingerprint density at radius 3 is 2.80 bits per heavy atom. The molecule has 1 atom stereocenters. The van der Waals surface area contributed by atoms with Gasteiger partial charge in [-0.25, -0.2) is 0 Å². The molecule has 44 valence electrons. The number of hydrogen-bond acceptors (Lipinski definition) is 0. The van der Waals surface area contributed by atoms with Crippen LogP contribution in [0.25, 0.3) is 6.08 Å². The second-order valence-electron chi connectivity index (χ2n) is 2.78. The van der Waals surface area contributed by atoms with Crippen LogP contribution >= 0.6 is 0 Å². The first-order valence-corrected chi connectivity index (χ1v) is 4.80. The normalized spacial score (nSPS) is 21.2. The van der Waals surface area contributed by atoms with Crippen molar-refractivity contribution in [3.63, 3.8) is 0 Å².